The van der Waals surface area contributed by atoms with Crippen molar-refractivity contribution in [3.63, 3.8) is 0 Å². The van der Waals surface area contributed by atoms with Crippen molar-refractivity contribution in [2.75, 3.05) is 44.4 Å². The summed E-state index contributed by atoms with van der Waals surface area (Å²) < 4.78 is 32.9. The highest BCUT2D eigenvalue weighted by molar-refractivity contribution is 7.92. The van der Waals surface area contributed by atoms with Crippen LogP contribution in [0.4, 0.5) is 5.69 Å². The second-order valence-corrected chi connectivity index (χ2v) is 10.9. The summed E-state index contributed by atoms with van der Waals surface area (Å²) in [6, 6.07) is 13.6. The van der Waals surface area contributed by atoms with Crippen LogP contribution in [0.5, 0.6) is 5.75 Å². The molecule has 0 aliphatic carbocycles. The lowest BCUT2D eigenvalue weighted by Gasteiger charge is -2.33. The van der Waals surface area contributed by atoms with Crippen LogP contribution in [0.1, 0.15) is 34.8 Å². The summed E-state index contributed by atoms with van der Waals surface area (Å²) in [5.41, 5.74) is 8.68. The number of sulfonamides is 1. The molecule has 9 heteroatoms. The number of amides is 1. The molecule has 0 spiro atoms. The van der Waals surface area contributed by atoms with Crippen LogP contribution in [0.2, 0.25) is 0 Å². The third kappa shape index (κ3) is 5.05. The Morgan fingerprint density at radius 1 is 1.15 bits per heavy atom. The van der Waals surface area contributed by atoms with Crippen molar-refractivity contribution in [3.05, 3.63) is 59.8 Å². The van der Waals surface area contributed by atoms with Gasteiger partial charge in [-0.1, -0.05) is 6.07 Å². The molecule has 0 bridgehead atoms. The Bertz CT molecular complexity index is 1290. The molecule has 0 radical (unpaired) electrons. The lowest BCUT2D eigenvalue weighted by molar-refractivity contribution is 0.100. The Kier molecular flexibility index (Phi) is 6.86. The molecule has 0 unspecified atom stereocenters. The fraction of sp³-hybridized carbons (Fsp3) is 0.400. The van der Waals surface area contributed by atoms with Gasteiger partial charge in [0.05, 0.1) is 19.1 Å². The highest BCUT2D eigenvalue weighted by Gasteiger charge is 2.22. The van der Waals surface area contributed by atoms with Crippen molar-refractivity contribution < 1.29 is 17.9 Å². The Labute approximate surface area is 200 Å². The van der Waals surface area contributed by atoms with Crippen LogP contribution < -0.4 is 14.8 Å². The van der Waals surface area contributed by atoms with Gasteiger partial charge in [-0.25, -0.2) is 8.42 Å². The second-order valence-electron chi connectivity index (χ2n) is 8.91. The smallest absolute Gasteiger partial charge is 0.248 e. The van der Waals surface area contributed by atoms with Crippen molar-refractivity contribution in [3.8, 4) is 5.75 Å². The third-order valence-electron chi connectivity index (χ3n) is 6.78. The number of carbonyl (C=O) groups excluding carboxylic acids is 1. The van der Waals surface area contributed by atoms with Gasteiger partial charge in [0, 0.05) is 50.0 Å². The predicted molar refractivity (Wildman–Crippen MR) is 135 cm³/mol. The first-order valence-corrected chi connectivity index (χ1v) is 13.3. The van der Waals surface area contributed by atoms with E-state index in [-0.39, 0.29) is 0 Å². The third-order valence-corrected chi connectivity index (χ3v) is 7.99. The fourth-order valence-electron chi connectivity index (χ4n) is 4.67. The maximum Gasteiger partial charge on any atom is 0.248 e. The highest BCUT2D eigenvalue weighted by Crippen LogP contribution is 2.30. The van der Waals surface area contributed by atoms with Crippen LogP contribution in [0, 0.1) is 0 Å². The zero-order chi connectivity index (χ0) is 24.5. The number of methoxy groups -OCH3 is 1. The van der Waals surface area contributed by atoms with Crippen LogP contribution >= 0.6 is 0 Å². The lowest BCUT2D eigenvalue weighted by Crippen LogP contribution is -2.36. The lowest BCUT2D eigenvalue weighted by atomic mass is 10.0. The quantitative estimate of drug-likeness (QED) is 0.530. The standard InChI is InChI=1S/C25H32N4O4S/c1-27(34(3,31)32)22-6-7-24(33-2)19(16-22)8-12-28-13-10-21(11-14-28)29-15-9-18-4-5-20(25(26)30)17-23(18)29/h4-7,9,15-17,21H,8,10-14H2,1-3H3,(H2,26,30). The van der Waals surface area contributed by atoms with Gasteiger partial charge < -0.3 is 19.9 Å². The van der Waals surface area contributed by atoms with Crippen LogP contribution in [0.15, 0.2) is 48.7 Å². The SMILES string of the molecule is COc1ccc(N(C)S(C)(=O)=O)cc1CCN1CCC(n2ccc3ccc(C(N)=O)cc32)CC1. The summed E-state index contributed by atoms with van der Waals surface area (Å²) in [4.78, 5) is 14.0. The summed E-state index contributed by atoms with van der Waals surface area (Å²) in [6.45, 7) is 2.80. The first-order valence-electron chi connectivity index (χ1n) is 11.4. The van der Waals surface area contributed by atoms with Gasteiger partial charge >= 0.3 is 0 Å². The minimum Gasteiger partial charge on any atom is -0.496 e. The molecule has 1 aliphatic rings. The maximum atomic E-state index is 11.9. The Morgan fingerprint density at radius 3 is 2.53 bits per heavy atom. The molecule has 0 atom stereocenters. The maximum absolute atomic E-state index is 11.9. The zero-order valence-corrected chi connectivity index (χ0v) is 20.7. The number of anilines is 1. The van der Waals surface area contributed by atoms with Crippen LogP contribution in [0.25, 0.3) is 10.9 Å². The number of aromatic nitrogens is 1. The largest absolute Gasteiger partial charge is 0.496 e. The van der Waals surface area contributed by atoms with Gasteiger partial charge in [0.15, 0.2) is 0 Å². The number of benzene rings is 2. The number of fused-ring (bicyclic) bond motifs is 1. The number of piperidine rings is 1. The van der Waals surface area contributed by atoms with Crippen LogP contribution in [0.3, 0.4) is 0 Å². The van der Waals surface area contributed by atoms with Gasteiger partial charge in [-0.3, -0.25) is 9.10 Å². The molecule has 182 valence electrons. The fourth-order valence-corrected chi connectivity index (χ4v) is 5.16. The van der Waals surface area contributed by atoms with E-state index in [0.29, 0.717) is 17.3 Å². The van der Waals surface area contributed by atoms with Crippen molar-refractivity contribution >= 4 is 32.5 Å². The molecular formula is C25H32N4O4S. The molecule has 2 aromatic carbocycles. The summed E-state index contributed by atoms with van der Waals surface area (Å²) in [5, 5.41) is 1.11. The molecule has 3 aromatic rings. The first kappa shape index (κ1) is 24.1. The van der Waals surface area contributed by atoms with E-state index in [9.17, 15) is 13.2 Å². The van der Waals surface area contributed by atoms with E-state index < -0.39 is 15.9 Å². The number of carbonyl (C=O) groups is 1. The summed E-state index contributed by atoms with van der Waals surface area (Å²) >= 11 is 0. The second kappa shape index (κ2) is 9.68. The van der Waals surface area contributed by atoms with Gasteiger partial charge in [0.25, 0.3) is 0 Å². The van der Waals surface area contributed by atoms with Crippen molar-refractivity contribution in [2.24, 2.45) is 5.73 Å². The van der Waals surface area contributed by atoms with E-state index in [2.05, 4.69) is 21.7 Å². The Morgan fingerprint density at radius 2 is 1.88 bits per heavy atom. The normalized spacial score (nSPS) is 15.5. The monoisotopic (exact) mass is 484 g/mol. The van der Waals surface area contributed by atoms with Gasteiger partial charge in [0.2, 0.25) is 15.9 Å². The van der Waals surface area contributed by atoms with E-state index in [1.165, 1.54) is 10.6 Å². The molecule has 0 saturated carbocycles. The predicted octanol–water partition coefficient (Wildman–Crippen LogP) is 3.02. The number of nitrogens with two attached hydrogens (primary N) is 1. The number of rotatable bonds is 8. The molecular weight excluding hydrogens is 452 g/mol. The van der Waals surface area contributed by atoms with E-state index in [1.54, 1.807) is 26.3 Å². The van der Waals surface area contributed by atoms with E-state index >= 15 is 0 Å². The summed E-state index contributed by atoms with van der Waals surface area (Å²) in [6.07, 6.45) is 6.10. The molecule has 2 heterocycles. The number of hydrogen-bond donors (Lipinski definition) is 1. The Hall–Kier alpha value is -3.04. The minimum absolute atomic E-state index is 0.373. The molecule has 4 rings (SSSR count). The van der Waals surface area contributed by atoms with Crippen molar-refractivity contribution in [1.29, 1.82) is 0 Å². The average Bonchev–Trinajstić information content (AvgIpc) is 3.25. The molecule has 34 heavy (non-hydrogen) atoms. The molecule has 1 fully saturated rings. The Balaban J connectivity index is 1.41. The number of nitrogens with zero attached hydrogens (tertiary/aromatic N) is 3. The molecule has 2 N–H and O–H groups in total. The van der Waals surface area contributed by atoms with E-state index in [0.717, 1.165) is 61.1 Å². The van der Waals surface area contributed by atoms with E-state index in [1.807, 2.05) is 24.3 Å². The van der Waals surface area contributed by atoms with Gasteiger partial charge in [-0.05, 0) is 66.6 Å². The average molecular weight is 485 g/mol. The van der Waals surface area contributed by atoms with Crippen molar-refractivity contribution in [1.82, 2.24) is 9.47 Å². The number of likely N-dealkylation sites (tertiary alicyclic amines) is 1. The molecule has 1 aromatic heterocycles. The number of primary amides is 1. The zero-order valence-electron chi connectivity index (χ0n) is 19.9. The number of ether oxygens (including phenoxy) is 1. The summed E-state index contributed by atoms with van der Waals surface area (Å²) in [7, 11) is -0.132. The van der Waals surface area contributed by atoms with Crippen molar-refractivity contribution in [2.45, 2.75) is 25.3 Å². The molecule has 1 amide bonds. The van der Waals surface area contributed by atoms with E-state index in [4.69, 9.17) is 10.5 Å². The van der Waals surface area contributed by atoms with Crippen LogP contribution in [-0.2, 0) is 16.4 Å². The molecule has 1 saturated heterocycles. The minimum atomic E-state index is -3.32. The van der Waals surface area contributed by atoms with Gasteiger partial charge in [-0.2, -0.15) is 0 Å². The number of hydrogen-bond acceptors (Lipinski definition) is 5. The highest BCUT2D eigenvalue weighted by atomic mass is 32.2. The molecule has 8 nitrogen and oxygen atoms in total. The first-order chi connectivity index (χ1) is 16.2. The summed E-state index contributed by atoms with van der Waals surface area (Å²) in [5.74, 6) is 0.358. The van der Waals surface area contributed by atoms with Gasteiger partial charge in [-0.15, -0.1) is 0 Å². The van der Waals surface area contributed by atoms with Crippen LogP contribution in [-0.4, -0.2) is 63.8 Å². The molecule has 1 aliphatic heterocycles. The topological polar surface area (TPSA) is 97.9 Å². The van der Waals surface area contributed by atoms with Gasteiger partial charge in [0.1, 0.15) is 5.75 Å².